The average Bonchev–Trinajstić information content (AvgIpc) is 3.33. The number of ether oxygens (including phenoxy) is 1. The van der Waals surface area contributed by atoms with E-state index in [1.165, 1.54) is 75.5 Å². The van der Waals surface area contributed by atoms with Crippen LogP contribution in [0.4, 0.5) is 5.69 Å². The molecule has 0 aliphatic carbocycles. The van der Waals surface area contributed by atoms with Crippen LogP contribution in [0.15, 0.2) is 53.6 Å². The zero-order valence-electron chi connectivity index (χ0n) is 24.4. The van der Waals surface area contributed by atoms with Gasteiger partial charge in [0.2, 0.25) is 5.91 Å². The van der Waals surface area contributed by atoms with Crippen LogP contribution < -0.4 is 10.1 Å². The molecule has 0 atom stereocenters. The van der Waals surface area contributed by atoms with E-state index < -0.39 is 0 Å². The first kappa shape index (κ1) is 34.6. The number of hydrogen-bond acceptors (Lipinski definition) is 4. The van der Waals surface area contributed by atoms with Gasteiger partial charge in [-0.2, -0.15) is 0 Å². The van der Waals surface area contributed by atoms with Crippen LogP contribution in [0.1, 0.15) is 102 Å². The molecule has 0 saturated carbocycles. The van der Waals surface area contributed by atoms with Crippen molar-refractivity contribution in [2.24, 2.45) is 0 Å². The molecule has 7 heteroatoms. The Morgan fingerprint density at radius 3 is 2.20 bits per heavy atom. The summed E-state index contributed by atoms with van der Waals surface area (Å²) in [6.45, 7) is 5.87. The number of hydrogen-bond donors (Lipinski definition) is 1. The van der Waals surface area contributed by atoms with Crippen molar-refractivity contribution in [2.45, 2.75) is 104 Å². The van der Waals surface area contributed by atoms with Gasteiger partial charge in [-0.25, -0.2) is 0 Å². The van der Waals surface area contributed by atoms with Gasteiger partial charge in [0.25, 0.3) is 0 Å². The molecule has 4 nitrogen and oxygen atoms in total. The number of carbonyl (C=O) groups excluding carboxylic acids is 1. The molecule has 40 heavy (non-hydrogen) atoms. The Hall–Kier alpha value is -1.63. The Labute approximate surface area is 262 Å². The van der Waals surface area contributed by atoms with Gasteiger partial charge in [-0.1, -0.05) is 113 Å². The Balaban J connectivity index is 0.00000560. The van der Waals surface area contributed by atoms with Gasteiger partial charge in [-0.15, -0.1) is 28.7 Å². The highest BCUT2D eigenvalue weighted by molar-refractivity contribution is 8.93. The summed E-state index contributed by atoms with van der Waals surface area (Å²) in [7, 11) is 0. The lowest BCUT2D eigenvalue weighted by molar-refractivity contribution is -0.115. The van der Waals surface area contributed by atoms with Crippen molar-refractivity contribution in [3.8, 4) is 5.75 Å². The first-order valence-electron chi connectivity index (χ1n) is 14.9. The quantitative estimate of drug-likeness (QED) is 0.154. The molecular formula is C33H48BrClN2O2S. The Kier molecular flexibility index (Phi) is 17.5. The second kappa shape index (κ2) is 20.3. The number of thioether (sulfide) groups is 1. The molecule has 2 aromatic rings. The molecule has 0 radical (unpaired) electrons. The highest BCUT2D eigenvalue weighted by Crippen LogP contribution is 2.28. The number of anilines is 1. The van der Waals surface area contributed by atoms with Crippen molar-refractivity contribution in [2.75, 3.05) is 17.8 Å². The molecule has 2 aromatic carbocycles. The predicted octanol–water partition coefficient (Wildman–Crippen LogP) is 10.5. The molecule has 1 N–H and O–H groups in total. The monoisotopic (exact) mass is 650 g/mol. The van der Waals surface area contributed by atoms with E-state index in [2.05, 4.69) is 36.3 Å². The number of nitrogens with one attached hydrogen (secondary N) is 1. The van der Waals surface area contributed by atoms with Crippen molar-refractivity contribution in [1.29, 1.82) is 0 Å². The second-order valence-electron chi connectivity index (χ2n) is 10.6. The first-order chi connectivity index (χ1) is 19.0. The number of benzene rings is 2. The van der Waals surface area contributed by atoms with Crippen molar-refractivity contribution in [1.82, 2.24) is 4.90 Å². The summed E-state index contributed by atoms with van der Waals surface area (Å²) in [6, 6.07) is 13.6. The first-order valence-corrected chi connectivity index (χ1v) is 16.3. The number of para-hydroxylation sites is 1. The van der Waals surface area contributed by atoms with Crippen LogP contribution in [-0.4, -0.2) is 23.3 Å². The lowest BCUT2D eigenvalue weighted by atomic mass is 10.1. The molecule has 1 heterocycles. The predicted molar refractivity (Wildman–Crippen MR) is 179 cm³/mol. The topological polar surface area (TPSA) is 41.6 Å². The van der Waals surface area contributed by atoms with Gasteiger partial charge in [0.15, 0.2) is 0 Å². The highest BCUT2D eigenvalue weighted by Gasteiger charge is 2.14. The third-order valence-electron chi connectivity index (χ3n) is 7.13. The highest BCUT2D eigenvalue weighted by atomic mass is 79.9. The fourth-order valence-corrected chi connectivity index (χ4v) is 5.86. The number of unbranched alkanes of at least 4 members (excludes halogenated alkanes) is 11. The molecule has 222 valence electrons. The summed E-state index contributed by atoms with van der Waals surface area (Å²) in [5.41, 5.74) is 2.76. The van der Waals surface area contributed by atoms with Crippen molar-refractivity contribution < 1.29 is 9.53 Å². The Bertz CT molecular complexity index is 1050. The van der Waals surface area contributed by atoms with E-state index in [1.807, 2.05) is 48.2 Å². The number of amides is 1. The van der Waals surface area contributed by atoms with Gasteiger partial charge >= 0.3 is 0 Å². The summed E-state index contributed by atoms with van der Waals surface area (Å²) in [5, 5.41) is 3.65. The number of carbonyl (C=O) groups is 1. The van der Waals surface area contributed by atoms with Crippen LogP contribution in [-0.2, 0) is 17.8 Å². The molecule has 1 aliphatic rings. The zero-order valence-corrected chi connectivity index (χ0v) is 27.7. The maximum atomic E-state index is 12.8. The molecule has 0 saturated heterocycles. The van der Waals surface area contributed by atoms with E-state index in [-0.39, 0.29) is 29.3 Å². The van der Waals surface area contributed by atoms with E-state index in [1.54, 1.807) is 0 Å². The minimum atomic E-state index is -0.0722. The van der Waals surface area contributed by atoms with Crippen LogP contribution in [0.5, 0.6) is 5.75 Å². The van der Waals surface area contributed by atoms with Crippen molar-refractivity contribution in [3.05, 3.63) is 69.7 Å². The van der Waals surface area contributed by atoms with Crippen LogP contribution in [0, 0.1) is 0 Å². The van der Waals surface area contributed by atoms with Gasteiger partial charge in [-0.3, -0.25) is 4.79 Å². The van der Waals surface area contributed by atoms with Gasteiger partial charge in [0.1, 0.15) is 5.75 Å². The molecule has 0 fully saturated rings. The second-order valence-corrected chi connectivity index (χ2v) is 12.2. The number of halogens is 2. The molecule has 1 aliphatic heterocycles. The van der Waals surface area contributed by atoms with E-state index in [0.29, 0.717) is 11.6 Å². The number of allylic oxidation sites excluding steroid dienone is 1. The van der Waals surface area contributed by atoms with Crippen molar-refractivity contribution >= 4 is 51.9 Å². The largest absolute Gasteiger partial charge is 0.494 e. The lowest BCUT2D eigenvalue weighted by Crippen LogP contribution is -2.18. The summed E-state index contributed by atoms with van der Waals surface area (Å²) >= 11 is 8.35. The summed E-state index contributed by atoms with van der Waals surface area (Å²) in [6.07, 6.45) is 18.4. The van der Waals surface area contributed by atoms with Crippen LogP contribution in [0.2, 0.25) is 5.02 Å². The molecule has 3 rings (SSSR count). The normalized spacial score (nSPS) is 12.7. The Morgan fingerprint density at radius 1 is 0.925 bits per heavy atom. The van der Waals surface area contributed by atoms with Gasteiger partial charge < -0.3 is 15.0 Å². The minimum absolute atomic E-state index is 0. The smallest absolute Gasteiger partial charge is 0.228 e. The van der Waals surface area contributed by atoms with E-state index in [0.717, 1.165) is 41.4 Å². The van der Waals surface area contributed by atoms with E-state index in [9.17, 15) is 4.79 Å². The maximum absolute atomic E-state index is 12.8. The number of rotatable bonds is 19. The number of nitrogens with zero attached hydrogens (tertiary/aromatic N) is 1. The third-order valence-corrected chi connectivity index (χ3v) is 8.50. The van der Waals surface area contributed by atoms with Gasteiger partial charge in [0, 0.05) is 23.5 Å². The Morgan fingerprint density at radius 2 is 1.57 bits per heavy atom. The SMILES string of the molecule is Br.CCCCCCCCCCCCCCOc1ccc(CC(=O)Nc2ccccc2CN2C=C(C)SC2)c(Cl)c1. The third kappa shape index (κ3) is 13.4. The van der Waals surface area contributed by atoms with Gasteiger partial charge in [-0.05, 0) is 47.6 Å². The zero-order chi connectivity index (χ0) is 27.7. The maximum Gasteiger partial charge on any atom is 0.228 e. The summed E-state index contributed by atoms with van der Waals surface area (Å²) in [4.78, 5) is 16.4. The van der Waals surface area contributed by atoms with Crippen molar-refractivity contribution in [3.63, 3.8) is 0 Å². The molecule has 0 unspecified atom stereocenters. The minimum Gasteiger partial charge on any atom is -0.494 e. The average molecular weight is 652 g/mol. The van der Waals surface area contributed by atoms with Crippen LogP contribution in [0.25, 0.3) is 0 Å². The molecule has 0 spiro atoms. The summed E-state index contributed by atoms with van der Waals surface area (Å²) in [5.74, 6) is 1.64. The summed E-state index contributed by atoms with van der Waals surface area (Å²) < 4.78 is 5.92. The fourth-order valence-electron chi connectivity index (χ4n) is 4.87. The fraction of sp³-hybridized carbons (Fsp3) is 0.545. The molecule has 0 bridgehead atoms. The van der Waals surface area contributed by atoms with E-state index >= 15 is 0 Å². The molecular weight excluding hydrogens is 604 g/mol. The van der Waals surface area contributed by atoms with Gasteiger partial charge in [0.05, 0.1) is 18.9 Å². The van der Waals surface area contributed by atoms with E-state index in [4.69, 9.17) is 16.3 Å². The lowest BCUT2D eigenvalue weighted by Gasteiger charge is -2.18. The van der Waals surface area contributed by atoms with Crippen LogP contribution in [0.3, 0.4) is 0 Å². The van der Waals surface area contributed by atoms with Crippen LogP contribution >= 0.6 is 40.3 Å². The molecule has 1 amide bonds. The standard InChI is InChI=1S/C33H47ClN2O2S.BrH/c1-3-4-5-6-7-8-9-10-11-12-13-16-21-38-30-20-19-28(31(34)23-30)22-33(37)35-32-18-15-14-17-29(32)25-36-24-27(2)39-26-36;/h14-15,17-20,23-24H,3-13,16,21-22,25-26H2,1-2H3,(H,35,37);1H. The molecule has 0 aromatic heterocycles.